The summed E-state index contributed by atoms with van der Waals surface area (Å²) in [7, 11) is 1.42. The lowest BCUT2D eigenvalue weighted by Crippen LogP contribution is -2.35. The van der Waals surface area contributed by atoms with E-state index in [1.807, 2.05) is 11.0 Å². The van der Waals surface area contributed by atoms with E-state index in [0.29, 0.717) is 18.8 Å². The zero-order valence-electron chi connectivity index (χ0n) is 19.8. The molecule has 0 radical (unpaired) electrons. The molecule has 0 unspecified atom stereocenters. The topological polar surface area (TPSA) is 66.8 Å². The van der Waals surface area contributed by atoms with E-state index in [1.165, 1.54) is 12.7 Å². The molecule has 32 heavy (non-hydrogen) atoms. The zero-order chi connectivity index (χ0) is 23.2. The largest absolute Gasteiger partial charge is 0.469 e. The number of aryl methyl sites for hydroxylation is 1. The van der Waals surface area contributed by atoms with Gasteiger partial charge in [0.05, 0.1) is 13.2 Å². The summed E-state index contributed by atoms with van der Waals surface area (Å²) in [4.78, 5) is 25.5. The number of hydrogen-bond acceptors (Lipinski definition) is 5. The number of thioether (sulfide) groups is 1. The van der Waals surface area contributed by atoms with Gasteiger partial charge in [-0.1, -0.05) is 43.7 Å². The van der Waals surface area contributed by atoms with Crippen LogP contribution in [-0.4, -0.2) is 59.2 Å². The molecule has 180 valence electrons. The van der Waals surface area contributed by atoms with Crippen LogP contribution in [-0.2, 0) is 20.7 Å². The van der Waals surface area contributed by atoms with Crippen LogP contribution in [0, 0.1) is 5.92 Å². The van der Waals surface area contributed by atoms with E-state index >= 15 is 0 Å². The highest BCUT2D eigenvalue weighted by molar-refractivity contribution is 7.99. The summed E-state index contributed by atoms with van der Waals surface area (Å²) in [5.74, 6) is 2.17. The maximum absolute atomic E-state index is 12.3. The third-order valence-corrected chi connectivity index (χ3v) is 7.55. The smallest absolute Gasteiger partial charge is 0.305 e. The molecule has 0 saturated carbocycles. The Balaban J connectivity index is 1.59. The molecule has 1 aromatic rings. The van der Waals surface area contributed by atoms with E-state index in [4.69, 9.17) is 0 Å². The summed E-state index contributed by atoms with van der Waals surface area (Å²) in [5.41, 5.74) is 1.38. The quantitative estimate of drug-likeness (QED) is 0.280. The Labute approximate surface area is 198 Å². The molecule has 1 aliphatic heterocycles. The third-order valence-electron chi connectivity index (χ3n) is 6.50. The Hall–Kier alpha value is -1.53. The van der Waals surface area contributed by atoms with E-state index in [-0.39, 0.29) is 24.0 Å². The van der Waals surface area contributed by atoms with Crippen molar-refractivity contribution in [3.63, 3.8) is 0 Å². The predicted molar refractivity (Wildman–Crippen MR) is 132 cm³/mol. The standard InChI is InChI=1S/C26H41NO4S/c1-21(9-6-7-12-22-10-4-3-5-11-22)24(28)16-14-23-15-17-25(29)27(23)18-20-32-19-8-13-26(30)31-2/h3-5,10-11,21,23-24,28H,6-9,12-20H2,1-2H3/t21-,23-,24+/m0/s1. The highest BCUT2D eigenvalue weighted by Gasteiger charge is 2.31. The van der Waals surface area contributed by atoms with E-state index in [2.05, 4.69) is 35.9 Å². The monoisotopic (exact) mass is 463 g/mol. The van der Waals surface area contributed by atoms with Gasteiger partial charge in [-0.15, -0.1) is 0 Å². The van der Waals surface area contributed by atoms with Crippen molar-refractivity contribution in [2.24, 2.45) is 5.92 Å². The molecule has 1 amide bonds. The van der Waals surface area contributed by atoms with Gasteiger partial charge in [-0.05, 0) is 62.2 Å². The van der Waals surface area contributed by atoms with Gasteiger partial charge in [-0.2, -0.15) is 11.8 Å². The number of amides is 1. The minimum Gasteiger partial charge on any atom is -0.469 e. The maximum Gasteiger partial charge on any atom is 0.305 e. The summed E-state index contributed by atoms with van der Waals surface area (Å²) >= 11 is 1.78. The summed E-state index contributed by atoms with van der Waals surface area (Å²) in [6.45, 7) is 2.91. The van der Waals surface area contributed by atoms with Crippen LogP contribution in [0.25, 0.3) is 0 Å². The van der Waals surface area contributed by atoms with Gasteiger partial charge in [0, 0.05) is 31.2 Å². The first kappa shape index (κ1) is 26.7. The van der Waals surface area contributed by atoms with Crippen molar-refractivity contribution in [3.8, 4) is 0 Å². The van der Waals surface area contributed by atoms with Crippen LogP contribution in [0.5, 0.6) is 0 Å². The van der Waals surface area contributed by atoms with Crippen molar-refractivity contribution in [1.82, 2.24) is 4.90 Å². The van der Waals surface area contributed by atoms with Gasteiger partial charge in [0.25, 0.3) is 0 Å². The van der Waals surface area contributed by atoms with E-state index in [9.17, 15) is 14.7 Å². The van der Waals surface area contributed by atoms with Crippen molar-refractivity contribution in [2.45, 2.75) is 83.3 Å². The molecule has 1 aliphatic rings. The first-order chi connectivity index (χ1) is 15.5. The van der Waals surface area contributed by atoms with Crippen molar-refractivity contribution in [2.75, 3.05) is 25.2 Å². The fourth-order valence-corrected chi connectivity index (χ4v) is 5.24. The number of carbonyl (C=O) groups is 2. The molecule has 0 aliphatic carbocycles. The minimum atomic E-state index is -0.294. The molecule has 0 bridgehead atoms. The number of esters is 1. The molecule has 5 nitrogen and oxygen atoms in total. The predicted octanol–water partition coefficient (Wildman–Crippen LogP) is 4.85. The zero-order valence-corrected chi connectivity index (χ0v) is 20.7. The highest BCUT2D eigenvalue weighted by Crippen LogP contribution is 2.26. The minimum absolute atomic E-state index is 0.163. The lowest BCUT2D eigenvalue weighted by atomic mass is 9.92. The summed E-state index contributed by atoms with van der Waals surface area (Å²) < 4.78 is 4.65. The second-order valence-corrected chi connectivity index (χ2v) is 10.1. The Kier molecular flexibility index (Phi) is 12.8. The number of aliphatic hydroxyl groups is 1. The number of hydrogen-bond donors (Lipinski definition) is 1. The number of likely N-dealkylation sites (tertiary alicyclic amines) is 1. The number of rotatable bonds is 16. The van der Waals surface area contributed by atoms with Gasteiger partial charge >= 0.3 is 5.97 Å². The van der Waals surface area contributed by atoms with Crippen molar-refractivity contribution < 1.29 is 19.4 Å². The SMILES string of the molecule is COC(=O)CCCSCCN1C(=O)CC[C@@H]1CC[C@@H](O)[C@@H](C)CCCCc1ccccc1. The highest BCUT2D eigenvalue weighted by atomic mass is 32.2. The lowest BCUT2D eigenvalue weighted by molar-refractivity contribution is -0.140. The van der Waals surface area contributed by atoms with Gasteiger partial charge < -0.3 is 14.7 Å². The normalized spacial score (nSPS) is 18.0. The molecule has 1 saturated heterocycles. The van der Waals surface area contributed by atoms with Crippen molar-refractivity contribution in [3.05, 3.63) is 35.9 Å². The number of nitrogens with zero attached hydrogens (tertiary/aromatic N) is 1. The second kappa shape index (κ2) is 15.3. The fourth-order valence-electron chi connectivity index (χ4n) is 4.37. The van der Waals surface area contributed by atoms with Gasteiger partial charge in [0.15, 0.2) is 0 Å². The number of aliphatic hydroxyl groups excluding tert-OH is 1. The Morgan fingerprint density at radius 1 is 1.19 bits per heavy atom. The molecule has 3 atom stereocenters. The average molecular weight is 464 g/mol. The molecule has 1 aromatic carbocycles. The van der Waals surface area contributed by atoms with Crippen molar-refractivity contribution >= 4 is 23.6 Å². The Bertz CT molecular complexity index is 669. The molecule has 0 spiro atoms. The van der Waals surface area contributed by atoms with Gasteiger partial charge in [-0.3, -0.25) is 9.59 Å². The maximum atomic E-state index is 12.3. The van der Waals surface area contributed by atoms with Crippen molar-refractivity contribution in [1.29, 1.82) is 0 Å². The van der Waals surface area contributed by atoms with Crippen LogP contribution >= 0.6 is 11.8 Å². The molecule has 1 fully saturated rings. The first-order valence-electron chi connectivity index (χ1n) is 12.2. The Morgan fingerprint density at radius 2 is 1.97 bits per heavy atom. The van der Waals surface area contributed by atoms with Crippen LogP contribution in [0.4, 0.5) is 0 Å². The third kappa shape index (κ3) is 9.95. The first-order valence-corrected chi connectivity index (χ1v) is 13.3. The second-order valence-electron chi connectivity index (χ2n) is 8.93. The molecule has 2 rings (SSSR count). The molecule has 1 N–H and O–H groups in total. The number of ether oxygens (including phenoxy) is 1. The number of carbonyl (C=O) groups excluding carboxylic acids is 2. The number of benzene rings is 1. The van der Waals surface area contributed by atoms with Crippen LogP contribution < -0.4 is 0 Å². The lowest BCUT2D eigenvalue weighted by Gasteiger charge is -2.27. The average Bonchev–Trinajstić information content (AvgIpc) is 3.16. The van der Waals surface area contributed by atoms with Crippen LogP contribution in [0.2, 0.25) is 0 Å². The van der Waals surface area contributed by atoms with E-state index < -0.39 is 0 Å². The molecule has 0 aromatic heterocycles. The van der Waals surface area contributed by atoms with Gasteiger partial charge in [0.1, 0.15) is 0 Å². The van der Waals surface area contributed by atoms with Crippen LogP contribution in [0.3, 0.4) is 0 Å². The van der Waals surface area contributed by atoms with Crippen LogP contribution in [0.1, 0.15) is 70.3 Å². The molecular formula is C26H41NO4S. The molecule has 6 heteroatoms. The molecular weight excluding hydrogens is 422 g/mol. The summed E-state index contributed by atoms with van der Waals surface area (Å²) in [6, 6.07) is 10.8. The number of methoxy groups -OCH3 is 1. The summed E-state index contributed by atoms with van der Waals surface area (Å²) in [6.07, 6.45) is 8.59. The fraction of sp³-hybridized carbons (Fsp3) is 0.692. The van der Waals surface area contributed by atoms with Gasteiger partial charge in [-0.25, -0.2) is 0 Å². The van der Waals surface area contributed by atoms with Gasteiger partial charge in [0.2, 0.25) is 5.91 Å². The number of unbranched alkanes of at least 4 members (excludes halogenated alkanes) is 1. The van der Waals surface area contributed by atoms with E-state index in [1.54, 1.807) is 11.8 Å². The molecule has 1 heterocycles. The Morgan fingerprint density at radius 3 is 2.72 bits per heavy atom. The van der Waals surface area contributed by atoms with Crippen LogP contribution in [0.15, 0.2) is 30.3 Å². The van der Waals surface area contributed by atoms with E-state index in [0.717, 1.165) is 69.4 Å². The summed E-state index contributed by atoms with van der Waals surface area (Å²) in [5, 5.41) is 10.6.